The van der Waals surface area contributed by atoms with Crippen molar-refractivity contribution in [3.05, 3.63) is 100 Å². The molecule has 3 aromatic rings. The smallest absolute Gasteiger partial charge is 0.268 e. The van der Waals surface area contributed by atoms with Gasteiger partial charge in [0.25, 0.3) is 5.91 Å². The average molecular weight is 375 g/mol. The third-order valence-electron chi connectivity index (χ3n) is 4.85. The Morgan fingerprint density at radius 2 is 1.78 bits per heavy atom. The molecule has 0 spiro atoms. The number of amides is 1. The quantitative estimate of drug-likeness (QED) is 0.753. The first-order chi connectivity index (χ1) is 13.1. The zero-order valence-electron chi connectivity index (χ0n) is 14.3. The van der Waals surface area contributed by atoms with Gasteiger partial charge in [-0.05, 0) is 35.4 Å². The normalized spacial score (nSPS) is 18.3. The van der Waals surface area contributed by atoms with E-state index in [1.54, 1.807) is 54.6 Å². The van der Waals surface area contributed by atoms with Gasteiger partial charge in [-0.2, -0.15) is 5.26 Å². The van der Waals surface area contributed by atoms with E-state index in [4.69, 9.17) is 11.6 Å². The van der Waals surface area contributed by atoms with Crippen molar-refractivity contribution in [2.45, 2.75) is 12.1 Å². The minimum Gasteiger partial charge on any atom is -0.372 e. The third-order valence-corrected chi connectivity index (χ3v) is 5.08. The molecule has 0 saturated carbocycles. The molecule has 3 aromatic carbocycles. The molecule has 4 rings (SSSR count). The molecule has 1 heterocycles. The lowest BCUT2D eigenvalue weighted by atomic mass is 9.87. The number of aliphatic hydroxyl groups is 1. The predicted octanol–water partition coefficient (Wildman–Crippen LogP) is 3.99. The maximum absolute atomic E-state index is 13.3. The summed E-state index contributed by atoms with van der Waals surface area (Å²) >= 11 is 6.09. The molecule has 27 heavy (non-hydrogen) atoms. The first-order valence-electron chi connectivity index (χ1n) is 8.43. The van der Waals surface area contributed by atoms with Gasteiger partial charge in [0.2, 0.25) is 0 Å². The fourth-order valence-corrected chi connectivity index (χ4v) is 3.71. The number of anilines is 1. The summed E-state index contributed by atoms with van der Waals surface area (Å²) in [5.41, 5.74) is 0.954. The summed E-state index contributed by atoms with van der Waals surface area (Å²) < 4.78 is 0. The van der Waals surface area contributed by atoms with Crippen LogP contribution in [-0.2, 0) is 16.9 Å². The first-order valence-corrected chi connectivity index (χ1v) is 8.81. The molecule has 1 aliphatic rings. The molecule has 0 unspecified atom stereocenters. The fourth-order valence-electron chi connectivity index (χ4n) is 3.52. The Morgan fingerprint density at radius 3 is 2.56 bits per heavy atom. The highest BCUT2D eigenvalue weighted by Gasteiger charge is 2.51. The van der Waals surface area contributed by atoms with Gasteiger partial charge in [0, 0.05) is 10.6 Å². The monoisotopic (exact) mass is 374 g/mol. The van der Waals surface area contributed by atoms with Crippen molar-refractivity contribution in [1.29, 1.82) is 5.26 Å². The number of para-hydroxylation sites is 1. The van der Waals surface area contributed by atoms with Gasteiger partial charge in [0.1, 0.15) is 0 Å². The summed E-state index contributed by atoms with van der Waals surface area (Å²) in [6.45, 7) is 0.197. The van der Waals surface area contributed by atoms with Gasteiger partial charge < -0.3 is 10.0 Å². The van der Waals surface area contributed by atoms with E-state index in [0.717, 1.165) is 5.56 Å². The van der Waals surface area contributed by atoms with Gasteiger partial charge in [0.05, 0.1) is 23.9 Å². The van der Waals surface area contributed by atoms with Gasteiger partial charge in [-0.1, -0.05) is 60.1 Å². The molecular formula is C22H15ClN2O2. The molecule has 0 radical (unpaired) electrons. The van der Waals surface area contributed by atoms with E-state index in [1.807, 2.05) is 18.2 Å². The number of fused-ring (bicyclic) bond motifs is 1. The van der Waals surface area contributed by atoms with Crippen LogP contribution in [0.25, 0.3) is 0 Å². The number of benzene rings is 3. The molecule has 0 fully saturated rings. The Labute approximate surface area is 161 Å². The maximum atomic E-state index is 13.3. The highest BCUT2D eigenvalue weighted by atomic mass is 35.5. The van der Waals surface area contributed by atoms with E-state index in [0.29, 0.717) is 27.4 Å². The van der Waals surface area contributed by atoms with Crippen LogP contribution in [0.3, 0.4) is 0 Å². The molecule has 4 nitrogen and oxygen atoms in total. The molecule has 132 valence electrons. The third kappa shape index (κ3) is 2.69. The number of nitriles is 1. The van der Waals surface area contributed by atoms with Crippen molar-refractivity contribution >= 4 is 23.2 Å². The molecule has 1 amide bonds. The Kier molecular flexibility index (Phi) is 4.19. The Bertz CT molecular complexity index is 1090. The maximum Gasteiger partial charge on any atom is 0.268 e. The molecule has 5 heteroatoms. The summed E-state index contributed by atoms with van der Waals surface area (Å²) in [5.74, 6) is -0.460. The summed E-state index contributed by atoms with van der Waals surface area (Å²) in [5, 5.41) is 21.3. The summed E-state index contributed by atoms with van der Waals surface area (Å²) in [6, 6.07) is 23.1. The lowest BCUT2D eigenvalue weighted by Crippen LogP contribution is -2.41. The van der Waals surface area contributed by atoms with Crippen LogP contribution < -0.4 is 4.90 Å². The molecular weight excluding hydrogens is 360 g/mol. The molecule has 1 N–H and O–H groups in total. The van der Waals surface area contributed by atoms with Gasteiger partial charge >= 0.3 is 0 Å². The van der Waals surface area contributed by atoms with E-state index >= 15 is 0 Å². The van der Waals surface area contributed by atoms with Crippen LogP contribution in [0.15, 0.2) is 72.8 Å². The van der Waals surface area contributed by atoms with Gasteiger partial charge in [-0.15, -0.1) is 0 Å². The topological polar surface area (TPSA) is 64.3 Å². The summed E-state index contributed by atoms with van der Waals surface area (Å²) in [6.07, 6.45) is 0. The highest BCUT2D eigenvalue weighted by molar-refractivity contribution is 6.30. The highest BCUT2D eigenvalue weighted by Crippen LogP contribution is 2.45. The van der Waals surface area contributed by atoms with Crippen molar-refractivity contribution in [2.75, 3.05) is 4.90 Å². The van der Waals surface area contributed by atoms with Crippen molar-refractivity contribution in [3.63, 3.8) is 0 Å². The second-order valence-corrected chi connectivity index (χ2v) is 6.83. The summed E-state index contributed by atoms with van der Waals surface area (Å²) in [7, 11) is 0. The van der Waals surface area contributed by atoms with Crippen LogP contribution in [0.1, 0.15) is 22.3 Å². The Balaban J connectivity index is 1.84. The van der Waals surface area contributed by atoms with Crippen molar-refractivity contribution in [3.8, 4) is 6.07 Å². The number of carbonyl (C=O) groups excluding carboxylic acids is 1. The number of nitrogens with zero attached hydrogens (tertiary/aromatic N) is 2. The van der Waals surface area contributed by atoms with Gasteiger partial charge in [0.15, 0.2) is 5.60 Å². The lowest BCUT2D eigenvalue weighted by molar-refractivity contribution is -0.132. The van der Waals surface area contributed by atoms with E-state index < -0.39 is 11.5 Å². The van der Waals surface area contributed by atoms with Crippen molar-refractivity contribution in [1.82, 2.24) is 0 Å². The second kappa shape index (κ2) is 6.55. The van der Waals surface area contributed by atoms with Crippen LogP contribution in [0, 0.1) is 11.3 Å². The Morgan fingerprint density at radius 1 is 1.04 bits per heavy atom. The molecule has 0 bridgehead atoms. The SMILES string of the molecule is N#Cc1ccccc1CN1C(=O)[C@](O)(c2cccc(Cl)c2)c2ccccc21. The van der Waals surface area contributed by atoms with Crippen LogP contribution in [0.4, 0.5) is 5.69 Å². The van der Waals surface area contributed by atoms with E-state index in [2.05, 4.69) is 6.07 Å². The lowest BCUT2D eigenvalue weighted by Gasteiger charge is -2.24. The zero-order valence-corrected chi connectivity index (χ0v) is 15.0. The minimum atomic E-state index is -1.82. The number of halogens is 1. The standard InChI is InChI=1S/C22H15ClN2O2/c23-18-9-5-8-17(12-18)22(27)19-10-3-4-11-20(19)25(21(22)26)14-16-7-2-1-6-15(16)13-24/h1-12,27H,14H2/t22-/m0/s1. The van der Waals surface area contributed by atoms with Crippen LogP contribution in [0.2, 0.25) is 5.02 Å². The average Bonchev–Trinajstić information content (AvgIpc) is 2.91. The molecule has 0 aromatic heterocycles. The van der Waals surface area contributed by atoms with Crippen molar-refractivity contribution < 1.29 is 9.90 Å². The minimum absolute atomic E-state index is 0.197. The van der Waals surface area contributed by atoms with E-state index in [1.165, 1.54) is 4.90 Å². The molecule has 0 saturated heterocycles. The fraction of sp³-hybridized carbons (Fsp3) is 0.0909. The molecule has 0 aliphatic carbocycles. The molecule has 1 aliphatic heterocycles. The second-order valence-electron chi connectivity index (χ2n) is 6.40. The largest absolute Gasteiger partial charge is 0.372 e. The number of rotatable bonds is 3. The first kappa shape index (κ1) is 17.3. The van der Waals surface area contributed by atoms with Crippen LogP contribution >= 0.6 is 11.6 Å². The Hall–Kier alpha value is -3.13. The van der Waals surface area contributed by atoms with Gasteiger partial charge in [-0.3, -0.25) is 4.79 Å². The number of hydrogen-bond donors (Lipinski definition) is 1. The number of carbonyl (C=O) groups is 1. The predicted molar refractivity (Wildman–Crippen MR) is 103 cm³/mol. The van der Waals surface area contributed by atoms with Crippen LogP contribution in [0.5, 0.6) is 0 Å². The van der Waals surface area contributed by atoms with Crippen LogP contribution in [-0.4, -0.2) is 11.0 Å². The van der Waals surface area contributed by atoms with E-state index in [-0.39, 0.29) is 6.54 Å². The zero-order chi connectivity index (χ0) is 19.0. The van der Waals surface area contributed by atoms with E-state index in [9.17, 15) is 15.2 Å². The number of hydrogen-bond acceptors (Lipinski definition) is 3. The summed E-state index contributed by atoms with van der Waals surface area (Å²) in [4.78, 5) is 14.9. The van der Waals surface area contributed by atoms with Crippen molar-refractivity contribution in [2.24, 2.45) is 0 Å². The van der Waals surface area contributed by atoms with Gasteiger partial charge in [-0.25, -0.2) is 0 Å². The molecule has 1 atom stereocenters.